The van der Waals surface area contributed by atoms with Crippen molar-refractivity contribution in [3.05, 3.63) is 41.5 Å². The molecule has 1 rings (SSSR count). The molecule has 0 aliphatic carbocycles. The van der Waals surface area contributed by atoms with Crippen LogP contribution in [0.25, 0.3) is 0 Å². The molecule has 0 fully saturated rings. The molecule has 2 nitrogen and oxygen atoms in total. The number of benzene rings is 1. The summed E-state index contributed by atoms with van der Waals surface area (Å²) in [6, 6.07) is 2.92. The summed E-state index contributed by atoms with van der Waals surface area (Å²) < 4.78 is 64.7. The minimum Gasteiger partial charge on any atom is -0.403 e. The molecule has 0 heterocycles. The lowest BCUT2D eigenvalue weighted by molar-refractivity contribution is -0.275. The topological polar surface area (TPSA) is 35.2 Å². The lowest BCUT2D eigenvalue weighted by Crippen LogP contribution is -2.18. The summed E-state index contributed by atoms with van der Waals surface area (Å²) in [5, 5.41) is 0. The summed E-state index contributed by atoms with van der Waals surface area (Å²) in [5.74, 6) is -2.09. The third-order valence-corrected chi connectivity index (χ3v) is 2.07. The maximum absolute atomic E-state index is 13.1. The molecular formula is C11H10F5NO. The summed E-state index contributed by atoms with van der Waals surface area (Å²) >= 11 is 0. The molecular weight excluding hydrogens is 257 g/mol. The Morgan fingerprint density at radius 3 is 2.50 bits per heavy atom. The molecule has 0 aromatic heterocycles. The molecule has 1 aromatic rings. The molecule has 0 radical (unpaired) electrons. The molecule has 0 aliphatic rings. The van der Waals surface area contributed by atoms with Crippen LogP contribution in [-0.2, 0) is 6.42 Å². The first-order valence-electron chi connectivity index (χ1n) is 4.88. The highest BCUT2D eigenvalue weighted by Crippen LogP contribution is 2.27. The first kappa shape index (κ1) is 14.4. The number of rotatable bonds is 4. The van der Waals surface area contributed by atoms with Crippen molar-refractivity contribution in [2.45, 2.75) is 12.8 Å². The van der Waals surface area contributed by atoms with Crippen LogP contribution < -0.4 is 10.5 Å². The van der Waals surface area contributed by atoms with E-state index in [1.54, 1.807) is 0 Å². The zero-order valence-electron chi connectivity index (χ0n) is 9.10. The van der Waals surface area contributed by atoms with Gasteiger partial charge in [0.25, 0.3) is 0 Å². The van der Waals surface area contributed by atoms with E-state index in [0.717, 1.165) is 12.1 Å². The van der Waals surface area contributed by atoms with Crippen molar-refractivity contribution in [1.82, 2.24) is 0 Å². The van der Waals surface area contributed by atoms with Gasteiger partial charge in [0, 0.05) is 6.54 Å². The summed E-state index contributed by atoms with van der Waals surface area (Å²) in [6.07, 6.45) is -4.72. The average molecular weight is 267 g/mol. The molecule has 0 saturated heterocycles. The highest BCUT2D eigenvalue weighted by atomic mass is 19.4. The van der Waals surface area contributed by atoms with E-state index < -0.39 is 17.9 Å². The quantitative estimate of drug-likeness (QED) is 0.851. The van der Waals surface area contributed by atoms with Crippen LogP contribution in [0, 0.1) is 5.82 Å². The van der Waals surface area contributed by atoms with E-state index in [1.165, 1.54) is 6.07 Å². The number of hydrogen-bond donors (Lipinski definition) is 1. The summed E-state index contributed by atoms with van der Waals surface area (Å²) in [4.78, 5) is 0. The number of nitrogens with two attached hydrogens (primary N) is 1. The van der Waals surface area contributed by atoms with Crippen molar-refractivity contribution in [2.75, 3.05) is 6.54 Å². The first-order valence-corrected chi connectivity index (χ1v) is 4.88. The number of halogens is 5. The van der Waals surface area contributed by atoms with Gasteiger partial charge < -0.3 is 10.5 Å². The number of alkyl halides is 3. The van der Waals surface area contributed by atoms with E-state index >= 15 is 0 Å². The standard InChI is InChI=1S/C11H10F5NO/c12-5-8(6-17)3-7-1-2-9(13)10(4-7)18-11(14,15)16/h1-2,4-5H,3,6,17H2/b8-5-. The Kier molecular flexibility index (Phi) is 4.66. The second kappa shape index (κ2) is 5.81. The molecule has 0 bridgehead atoms. The molecule has 0 unspecified atom stereocenters. The number of ether oxygens (including phenoxy) is 1. The van der Waals surface area contributed by atoms with Gasteiger partial charge in [-0.25, -0.2) is 8.78 Å². The van der Waals surface area contributed by atoms with Crippen LogP contribution in [0.5, 0.6) is 5.75 Å². The molecule has 2 N–H and O–H groups in total. The molecule has 1 aromatic carbocycles. The summed E-state index contributed by atoms with van der Waals surface area (Å²) in [6.45, 7) is -0.0800. The Hall–Kier alpha value is -1.63. The van der Waals surface area contributed by atoms with Crippen LogP contribution in [0.2, 0.25) is 0 Å². The zero-order valence-corrected chi connectivity index (χ0v) is 9.10. The SMILES string of the molecule is NC/C(=C\F)Cc1ccc(F)c(OC(F)(F)F)c1. The normalized spacial score (nSPS) is 12.7. The molecule has 0 amide bonds. The third kappa shape index (κ3) is 4.33. The van der Waals surface area contributed by atoms with Gasteiger partial charge in [0.15, 0.2) is 11.6 Å². The van der Waals surface area contributed by atoms with Gasteiger partial charge in [0.05, 0.1) is 6.33 Å². The molecule has 0 atom stereocenters. The fourth-order valence-electron chi connectivity index (χ4n) is 1.28. The lowest BCUT2D eigenvalue weighted by atomic mass is 10.1. The monoisotopic (exact) mass is 267 g/mol. The summed E-state index contributed by atoms with van der Waals surface area (Å²) in [5.41, 5.74) is 5.66. The maximum Gasteiger partial charge on any atom is 0.573 e. The predicted octanol–water partition coefficient (Wildman–Crippen LogP) is 3.08. The van der Waals surface area contributed by atoms with Crippen molar-refractivity contribution in [2.24, 2.45) is 5.73 Å². The van der Waals surface area contributed by atoms with Gasteiger partial charge in [-0.15, -0.1) is 13.2 Å². The number of hydrogen-bond acceptors (Lipinski definition) is 2. The Balaban J connectivity index is 2.94. The van der Waals surface area contributed by atoms with E-state index in [2.05, 4.69) is 4.74 Å². The van der Waals surface area contributed by atoms with Crippen molar-refractivity contribution < 1.29 is 26.7 Å². The lowest BCUT2D eigenvalue weighted by Gasteiger charge is -2.11. The van der Waals surface area contributed by atoms with E-state index in [9.17, 15) is 22.0 Å². The molecule has 0 spiro atoms. The molecule has 18 heavy (non-hydrogen) atoms. The first-order chi connectivity index (χ1) is 8.35. The Bertz CT molecular complexity index is 442. The van der Waals surface area contributed by atoms with Gasteiger partial charge in [0.2, 0.25) is 0 Å². The van der Waals surface area contributed by atoms with Crippen LogP contribution in [0.1, 0.15) is 5.56 Å². The predicted molar refractivity (Wildman–Crippen MR) is 55.0 cm³/mol. The Labute approximate surface area is 99.8 Å². The van der Waals surface area contributed by atoms with Crippen LogP contribution in [0.4, 0.5) is 22.0 Å². The Morgan fingerprint density at radius 1 is 1.33 bits per heavy atom. The van der Waals surface area contributed by atoms with Crippen LogP contribution >= 0.6 is 0 Å². The zero-order chi connectivity index (χ0) is 13.8. The van der Waals surface area contributed by atoms with Gasteiger partial charge >= 0.3 is 6.36 Å². The second-order valence-corrected chi connectivity index (χ2v) is 3.46. The van der Waals surface area contributed by atoms with Gasteiger partial charge in [0.1, 0.15) is 0 Å². The van der Waals surface area contributed by atoms with Crippen LogP contribution in [0.15, 0.2) is 30.1 Å². The van der Waals surface area contributed by atoms with Gasteiger partial charge in [-0.05, 0) is 29.7 Å². The Morgan fingerprint density at radius 2 is 2.00 bits per heavy atom. The van der Waals surface area contributed by atoms with Crippen LogP contribution in [-0.4, -0.2) is 12.9 Å². The smallest absolute Gasteiger partial charge is 0.403 e. The minimum atomic E-state index is -4.98. The van der Waals surface area contributed by atoms with E-state index in [-0.39, 0.29) is 30.4 Å². The fraction of sp³-hybridized carbons (Fsp3) is 0.273. The van der Waals surface area contributed by atoms with Gasteiger partial charge in [-0.2, -0.15) is 0 Å². The second-order valence-electron chi connectivity index (χ2n) is 3.46. The van der Waals surface area contributed by atoms with Crippen molar-refractivity contribution in [3.63, 3.8) is 0 Å². The van der Waals surface area contributed by atoms with Crippen molar-refractivity contribution in [3.8, 4) is 5.75 Å². The maximum atomic E-state index is 13.1. The summed E-state index contributed by atoms with van der Waals surface area (Å²) in [7, 11) is 0. The molecule has 0 aliphatic heterocycles. The van der Waals surface area contributed by atoms with E-state index in [0.29, 0.717) is 0 Å². The highest BCUT2D eigenvalue weighted by Gasteiger charge is 2.32. The average Bonchev–Trinajstić information content (AvgIpc) is 2.28. The van der Waals surface area contributed by atoms with Crippen molar-refractivity contribution in [1.29, 1.82) is 0 Å². The van der Waals surface area contributed by atoms with Gasteiger partial charge in [-0.1, -0.05) is 6.07 Å². The molecule has 100 valence electrons. The van der Waals surface area contributed by atoms with Gasteiger partial charge in [-0.3, -0.25) is 0 Å². The third-order valence-electron chi connectivity index (χ3n) is 2.07. The highest BCUT2D eigenvalue weighted by molar-refractivity contribution is 5.33. The van der Waals surface area contributed by atoms with Crippen molar-refractivity contribution >= 4 is 0 Å². The minimum absolute atomic E-state index is 0.0124. The molecule has 7 heteroatoms. The fourth-order valence-corrected chi connectivity index (χ4v) is 1.28. The largest absolute Gasteiger partial charge is 0.573 e. The van der Waals surface area contributed by atoms with E-state index in [4.69, 9.17) is 5.73 Å². The van der Waals surface area contributed by atoms with E-state index in [1.807, 2.05) is 0 Å². The molecule has 0 saturated carbocycles. The van der Waals surface area contributed by atoms with Crippen LogP contribution in [0.3, 0.4) is 0 Å².